The first-order valence-electron chi connectivity index (χ1n) is 7.22. The van der Waals surface area contributed by atoms with Crippen LogP contribution in [0.4, 0.5) is 4.79 Å². The van der Waals surface area contributed by atoms with Gasteiger partial charge in [0.1, 0.15) is 0 Å². The molecule has 0 aliphatic carbocycles. The van der Waals surface area contributed by atoms with E-state index in [9.17, 15) is 14.4 Å². The van der Waals surface area contributed by atoms with Gasteiger partial charge in [0, 0.05) is 16.2 Å². The van der Waals surface area contributed by atoms with Gasteiger partial charge in [-0.15, -0.1) is 11.8 Å². The minimum absolute atomic E-state index is 0.195. The first-order chi connectivity index (χ1) is 10.8. The second kappa shape index (κ2) is 9.19. The molecule has 2 N–H and O–H groups in total. The normalized spacial score (nSPS) is 10.7. The summed E-state index contributed by atoms with van der Waals surface area (Å²) in [6.45, 7) is 4.91. The molecule has 0 aromatic heterocycles. The monoisotopic (exact) mass is 338 g/mol. The van der Waals surface area contributed by atoms with Crippen molar-refractivity contribution >= 4 is 29.7 Å². The largest absolute Gasteiger partial charge is 0.456 e. The van der Waals surface area contributed by atoms with Crippen molar-refractivity contribution in [2.75, 3.05) is 12.4 Å². The lowest BCUT2D eigenvalue weighted by atomic mass is 10.1. The van der Waals surface area contributed by atoms with E-state index in [-0.39, 0.29) is 6.42 Å². The lowest BCUT2D eigenvalue weighted by Crippen LogP contribution is -2.49. The van der Waals surface area contributed by atoms with Crippen LogP contribution in [0.2, 0.25) is 0 Å². The Morgan fingerprint density at radius 1 is 1.13 bits per heavy atom. The van der Waals surface area contributed by atoms with Crippen molar-refractivity contribution in [3.8, 4) is 0 Å². The number of hydrogen-bond acceptors (Lipinski definition) is 5. The van der Waals surface area contributed by atoms with Gasteiger partial charge >= 0.3 is 12.0 Å². The van der Waals surface area contributed by atoms with Gasteiger partial charge in [-0.05, 0) is 32.9 Å². The van der Waals surface area contributed by atoms with Crippen molar-refractivity contribution < 1.29 is 19.1 Å². The van der Waals surface area contributed by atoms with Gasteiger partial charge in [0.2, 0.25) is 0 Å². The molecule has 0 saturated heterocycles. The van der Waals surface area contributed by atoms with E-state index in [4.69, 9.17) is 4.74 Å². The third kappa shape index (κ3) is 9.57. The van der Waals surface area contributed by atoms with Gasteiger partial charge in [-0.1, -0.05) is 18.2 Å². The van der Waals surface area contributed by atoms with Crippen molar-refractivity contribution in [2.24, 2.45) is 0 Å². The fraction of sp³-hybridized carbons (Fsp3) is 0.438. The molecule has 0 fully saturated rings. The highest BCUT2D eigenvalue weighted by molar-refractivity contribution is 7.99. The summed E-state index contributed by atoms with van der Waals surface area (Å²) in [6, 6.07) is 9.07. The Bertz CT molecular complexity index is 541. The van der Waals surface area contributed by atoms with Gasteiger partial charge in [0.25, 0.3) is 5.91 Å². The summed E-state index contributed by atoms with van der Waals surface area (Å²) in [5.41, 5.74) is -0.449. The van der Waals surface area contributed by atoms with Gasteiger partial charge in [0.05, 0.1) is 6.42 Å². The molecule has 23 heavy (non-hydrogen) atoms. The molecule has 7 heteroatoms. The van der Waals surface area contributed by atoms with Crippen molar-refractivity contribution in [1.82, 2.24) is 10.6 Å². The molecule has 126 valence electrons. The maximum absolute atomic E-state index is 11.5. The lowest BCUT2D eigenvalue weighted by molar-refractivity contribution is -0.147. The maximum Gasteiger partial charge on any atom is 0.321 e. The molecule has 0 atom stereocenters. The molecule has 0 aliphatic heterocycles. The Morgan fingerprint density at radius 2 is 1.78 bits per heavy atom. The zero-order chi connectivity index (χ0) is 17.3. The number of nitrogens with one attached hydrogen (secondary N) is 2. The molecule has 3 amide bonds. The average molecular weight is 338 g/mol. The van der Waals surface area contributed by atoms with Crippen LogP contribution in [0, 0.1) is 0 Å². The zero-order valence-corrected chi connectivity index (χ0v) is 14.4. The summed E-state index contributed by atoms with van der Waals surface area (Å²) < 4.78 is 4.83. The van der Waals surface area contributed by atoms with E-state index in [0.29, 0.717) is 5.75 Å². The number of rotatable bonds is 6. The van der Waals surface area contributed by atoms with E-state index in [2.05, 4.69) is 10.6 Å². The van der Waals surface area contributed by atoms with Crippen molar-refractivity contribution in [1.29, 1.82) is 0 Å². The fourth-order valence-corrected chi connectivity index (χ4v) is 2.38. The number of thioether (sulfide) groups is 1. The summed E-state index contributed by atoms with van der Waals surface area (Å²) in [5, 5.41) is 4.68. The Morgan fingerprint density at radius 3 is 2.39 bits per heavy atom. The highest BCUT2D eigenvalue weighted by atomic mass is 32.2. The van der Waals surface area contributed by atoms with Crippen LogP contribution in [-0.2, 0) is 14.3 Å². The van der Waals surface area contributed by atoms with Crippen molar-refractivity contribution in [2.45, 2.75) is 37.6 Å². The van der Waals surface area contributed by atoms with Gasteiger partial charge < -0.3 is 10.1 Å². The number of esters is 1. The summed E-state index contributed by atoms with van der Waals surface area (Å²) >= 11 is 1.53. The molecule has 0 bridgehead atoms. The Labute approximate surface area is 140 Å². The van der Waals surface area contributed by atoms with Crippen LogP contribution < -0.4 is 10.6 Å². The average Bonchev–Trinajstić information content (AvgIpc) is 2.44. The van der Waals surface area contributed by atoms with E-state index in [1.165, 1.54) is 11.8 Å². The third-order valence-corrected chi connectivity index (χ3v) is 3.44. The van der Waals surface area contributed by atoms with E-state index in [1.54, 1.807) is 20.8 Å². The van der Waals surface area contributed by atoms with Crippen LogP contribution in [0.15, 0.2) is 35.2 Å². The highest BCUT2D eigenvalue weighted by Crippen LogP contribution is 2.17. The number of ether oxygens (including phenoxy) is 1. The summed E-state index contributed by atoms with van der Waals surface area (Å²) in [5.74, 6) is -0.565. The number of imide groups is 1. The fourth-order valence-electron chi connectivity index (χ4n) is 1.52. The van der Waals surface area contributed by atoms with E-state index < -0.39 is 30.1 Å². The van der Waals surface area contributed by atoms with Crippen molar-refractivity contribution in [3.05, 3.63) is 30.3 Å². The first kappa shape index (κ1) is 19.0. The number of hydrogen-bond donors (Lipinski definition) is 2. The molecule has 0 unspecified atom stereocenters. The lowest BCUT2D eigenvalue weighted by Gasteiger charge is -2.20. The Kier molecular flexibility index (Phi) is 7.61. The predicted octanol–water partition coefficient (Wildman–Crippen LogP) is 2.34. The second-order valence-electron chi connectivity index (χ2n) is 5.82. The Balaban J connectivity index is 2.17. The Hall–Kier alpha value is -2.02. The zero-order valence-electron chi connectivity index (χ0n) is 13.5. The van der Waals surface area contributed by atoms with Crippen LogP contribution in [0.3, 0.4) is 0 Å². The minimum atomic E-state index is -0.657. The van der Waals surface area contributed by atoms with Crippen LogP contribution >= 0.6 is 11.8 Å². The maximum atomic E-state index is 11.5. The standard InChI is InChI=1S/C16H22N2O4S/c1-16(2,3)18-15(21)17-13(19)11-22-14(20)9-10-23-12-7-5-4-6-8-12/h4-8H,9-11H2,1-3H3,(H2,17,18,19,21). The van der Waals surface area contributed by atoms with Gasteiger partial charge in [-0.2, -0.15) is 0 Å². The SMILES string of the molecule is CC(C)(C)NC(=O)NC(=O)COC(=O)CCSc1ccccc1. The predicted molar refractivity (Wildman–Crippen MR) is 89.2 cm³/mol. The molecule has 0 heterocycles. The quantitative estimate of drug-likeness (QED) is 0.614. The van der Waals surface area contributed by atoms with Crippen molar-refractivity contribution in [3.63, 3.8) is 0 Å². The van der Waals surface area contributed by atoms with Crippen LogP contribution in [0.1, 0.15) is 27.2 Å². The van der Waals surface area contributed by atoms with Crippen LogP contribution in [-0.4, -0.2) is 35.8 Å². The molecule has 0 aliphatic rings. The molecule has 0 spiro atoms. The van der Waals surface area contributed by atoms with Crippen LogP contribution in [0.5, 0.6) is 0 Å². The summed E-state index contributed by atoms with van der Waals surface area (Å²) in [4.78, 5) is 35.5. The number of amides is 3. The van der Waals surface area contributed by atoms with E-state index in [1.807, 2.05) is 30.3 Å². The second-order valence-corrected chi connectivity index (χ2v) is 6.99. The van der Waals surface area contributed by atoms with E-state index in [0.717, 1.165) is 4.90 Å². The smallest absolute Gasteiger partial charge is 0.321 e. The van der Waals surface area contributed by atoms with Gasteiger partial charge in [-0.3, -0.25) is 14.9 Å². The summed E-state index contributed by atoms with van der Waals surface area (Å²) in [6.07, 6.45) is 0.195. The number of carbonyl (C=O) groups is 3. The molecule has 1 aromatic carbocycles. The number of carbonyl (C=O) groups excluding carboxylic acids is 3. The highest BCUT2D eigenvalue weighted by Gasteiger charge is 2.16. The molecule has 0 saturated carbocycles. The number of benzene rings is 1. The molecule has 6 nitrogen and oxygen atoms in total. The molecular formula is C16H22N2O4S. The molecular weight excluding hydrogens is 316 g/mol. The summed E-state index contributed by atoms with van der Waals surface area (Å²) in [7, 11) is 0. The number of urea groups is 1. The molecule has 0 radical (unpaired) electrons. The third-order valence-electron chi connectivity index (χ3n) is 2.42. The van der Waals surface area contributed by atoms with Gasteiger partial charge in [-0.25, -0.2) is 4.79 Å². The first-order valence-corrected chi connectivity index (χ1v) is 8.20. The topological polar surface area (TPSA) is 84.5 Å². The molecule has 1 aromatic rings. The minimum Gasteiger partial charge on any atom is -0.456 e. The van der Waals surface area contributed by atoms with Gasteiger partial charge in [0.15, 0.2) is 6.61 Å². The molecule has 1 rings (SSSR count). The van der Waals surface area contributed by atoms with Crippen LogP contribution in [0.25, 0.3) is 0 Å². The van der Waals surface area contributed by atoms with E-state index >= 15 is 0 Å².